The number of hydrogen-bond acceptors (Lipinski definition) is 5. The van der Waals surface area contributed by atoms with Crippen molar-refractivity contribution in [1.82, 2.24) is 24.5 Å². The van der Waals surface area contributed by atoms with Crippen molar-refractivity contribution in [1.29, 1.82) is 5.26 Å². The van der Waals surface area contributed by atoms with Crippen molar-refractivity contribution in [3.05, 3.63) is 82.1 Å². The first-order chi connectivity index (χ1) is 16.6. The van der Waals surface area contributed by atoms with E-state index in [1.165, 1.54) is 40.8 Å². The maximum atomic E-state index is 9.27. The van der Waals surface area contributed by atoms with Crippen LogP contribution in [-0.4, -0.2) is 31.7 Å². The average molecular weight is 451 g/mol. The summed E-state index contributed by atoms with van der Waals surface area (Å²) in [4.78, 5) is 4.38. The predicted molar refractivity (Wildman–Crippen MR) is 128 cm³/mol. The summed E-state index contributed by atoms with van der Waals surface area (Å²) in [5, 5.41) is 18.5. The molecule has 2 aliphatic carbocycles. The molecule has 2 aromatic heterocycles. The Labute approximate surface area is 198 Å². The SMILES string of the molecule is COc1cc(Cn2nnc3c2CCc2c-3cc(Cn3ccnc3C)cc2C2CC2)ccc1C#N. The van der Waals surface area contributed by atoms with Gasteiger partial charge in [0.25, 0.3) is 0 Å². The molecule has 170 valence electrons. The van der Waals surface area contributed by atoms with Gasteiger partial charge in [-0.05, 0) is 79.0 Å². The van der Waals surface area contributed by atoms with E-state index in [1.807, 2.05) is 36.1 Å². The lowest BCUT2D eigenvalue weighted by Crippen LogP contribution is -2.13. The second-order valence-corrected chi connectivity index (χ2v) is 9.28. The molecule has 34 heavy (non-hydrogen) atoms. The fraction of sp³-hybridized carbons (Fsp3) is 0.333. The maximum absolute atomic E-state index is 9.27. The summed E-state index contributed by atoms with van der Waals surface area (Å²) >= 11 is 0. The maximum Gasteiger partial charge on any atom is 0.136 e. The van der Waals surface area contributed by atoms with Crippen LogP contribution in [0, 0.1) is 18.3 Å². The lowest BCUT2D eigenvalue weighted by molar-refractivity contribution is 0.412. The van der Waals surface area contributed by atoms with Crippen LogP contribution in [0.3, 0.4) is 0 Å². The molecule has 0 aliphatic heterocycles. The normalized spacial score (nSPS) is 14.4. The molecule has 0 unspecified atom stereocenters. The number of fused-ring (bicyclic) bond motifs is 3. The van der Waals surface area contributed by atoms with E-state index < -0.39 is 0 Å². The van der Waals surface area contributed by atoms with Crippen LogP contribution in [0.2, 0.25) is 0 Å². The lowest BCUT2D eigenvalue weighted by atomic mass is 9.85. The zero-order valence-electron chi connectivity index (χ0n) is 19.5. The van der Waals surface area contributed by atoms with Gasteiger partial charge in [-0.1, -0.05) is 17.3 Å². The van der Waals surface area contributed by atoms with Crippen LogP contribution in [0.1, 0.15) is 58.1 Å². The summed E-state index contributed by atoms with van der Waals surface area (Å²) in [5.41, 5.74) is 9.24. The minimum absolute atomic E-state index is 0.536. The highest BCUT2D eigenvalue weighted by molar-refractivity contribution is 5.71. The Hall–Kier alpha value is -3.92. The Morgan fingerprint density at radius 3 is 2.74 bits per heavy atom. The molecule has 0 amide bonds. The molecular formula is C27H26N6O. The minimum Gasteiger partial charge on any atom is -0.495 e. The summed E-state index contributed by atoms with van der Waals surface area (Å²) in [6.07, 6.45) is 8.40. The van der Waals surface area contributed by atoms with Crippen LogP contribution < -0.4 is 4.74 Å². The molecule has 6 rings (SSSR count). The molecular weight excluding hydrogens is 424 g/mol. The lowest BCUT2D eigenvalue weighted by Gasteiger charge is -2.22. The summed E-state index contributed by atoms with van der Waals surface area (Å²) < 4.78 is 9.58. The van der Waals surface area contributed by atoms with Crippen LogP contribution in [0.4, 0.5) is 0 Å². The fourth-order valence-electron chi connectivity index (χ4n) is 5.12. The summed E-state index contributed by atoms with van der Waals surface area (Å²) in [7, 11) is 1.59. The van der Waals surface area contributed by atoms with Gasteiger partial charge in [-0.3, -0.25) is 0 Å². The largest absolute Gasteiger partial charge is 0.495 e. The minimum atomic E-state index is 0.536. The van der Waals surface area contributed by atoms with Gasteiger partial charge in [-0.2, -0.15) is 5.26 Å². The Bertz CT molecular complexity index is 1440. The topological polar surface area (TPSA) is 81.5 Å². The molecule has 4 aromatic rings. The van der Waals surface area contributed by atoms with Crippen molar-refractivity contribution in [2.75, 3.05) is 7.11 Å². The van der Waals surface area contributed by atoms with E-state index in [0.717, 1.165) is 36.5 Å². The van der Waals surface area contributed by atoms with E-state index in [2.05, 4.69) is 38.1 Å². The van der Waals surface area contributed by atoms with Crippen molar-refractivity contribution in [3.8, 4) is 23.1 Å². The van der Waals surface area contributed by atoms with Gasteiger partial charge >= 0.3 is 0 Å². The van der Waals surface area contributed by atoms with Crippen molar-refractivity contribution in [3.63, 3.8) is 0 Å². The highest BCUT2D eigenvalue weighted by Crippen LogP contribution is 2.46. The van der Waals surface area contributed by atoms with E-state index >= 15 is 0 Å². The number of imidazole rings is 1. The van der Waals surface area contributed by atoms with Crippen LogP contribution in [0.15, 0.2) is 42.7 Å². The Morgan fingerprint density at radius 2 is 2.00 bits per heavy atom. The summed E-state index contributed by atoms with van der Waals surface area (Å²) in [5.74, 6) is 2.29. The molecule has 1 saturated carbocycles. The third-order valence-electron chi connectivity index (χ3n) is 7.06. The molecule has 0 saturated heterocycles. The number of nitriles is 1. The zero-order valence-corrected chi connectivity index (χ0v) is 19.5. The number of rotatable bonds is 6. The third kappa shape index (κ3) is 3.56. The van der Waals surface area contributed by atoms with Crippen molar-refractivity contribution in [2.45, 2.75) is 51.6 Å². The zero-order chi connectivity index (χ0) is 23.2. The van der Waals surface area contributed by atoms with E-state index in [-0.39, 0.29) is 0 Å². The van der Waals surface area contributed by atoms with Gasteiger partial charge < -0.3 is 9.30 Å². The second kappa shape index (κ2) is 8.14. The van der Waals surface area contributed by atoms with Crippen LogP contribution in [0.25, 0.3) is 11.3 Å². The first-order valence-electron chi connectivity index (χ1n) is 11.8. The molecule has 2 heterocycles. The molecule has 0 bridgehead atoms. The smallest absolute Gasteiger partial charge is 0.136 e. The van der Waals surface area contributed by atoms with Crippen LogP contribution in [0.5, 0.6) is 5.75 Å². The quantitative estimate of drug-likeness (QED) is 0.435. The highest BCUT2D eigenvalue weighted by Gasteiger charge is 2.31. The predicted octanol–water partition coefficient (Wildman–Crippen LogP) is 4.40. The summed E-state index contributed by atoms with van der Waals surface area (Å²) in [6.45, 7) is 3.46. The molecule has 0 radical (unpaired) electrons. The van der Waals surface area contributed by atoms with Gasteiger partial charge in [0.2, 0.25) is 0 Å². The first-order valence-corrected chi connectivity index (χ1v) is 11.8. The van der Waals surface area contributed by atoms with Gasteiger partial charge in [0.1, 0.15) is 23.3 Å². The average Bonchev–Trinajstić information content (AvgIpc) is 3.51. The van der Waals surface area contributed by atoms with E-state index in [9.17, 15) is 5.26 Å². The number of methoxy groups -OCH3 is 1. The summed E-state index contributed by atoms with van der Waals surface area (Å²) in [6, 6.07) is 12.6. The van der Waals surface area contributed by atoms with Gasteiger partial charge in [0.15, 0.2) is 0 Å². The van der Waals surface area contributed by atoms with Gasteiger partial charge in [-0.25, -0.2) is 9.67 Å². The van der Waals surface area contributed by atoms with E-state index in [4.69, 9.17) is 4.74 Å². The van der Waals surface area contributed by atoms with Gasteiger partial charge in [-0.15, -0.1) is 5.10 Å². The first kappa shape index (κ1) is 20.7. The second-order valence-electron chi connectivity index (χ2n) is 9.28. The molecule has 7 heteroatoms. The van der Waals surface area contributed by atoms with Gasteiger partial charge in [0, 0.05) is 24.5 Å². The van der Waals surface area contributed by atoms with Crippen molar-refractivity contribution in [2.24, 2.45) is 0 Å². The highest BCUT2D eigenvalue weighted by atomic mass is 16.5. The molecule has 2 aliphatic rings. The Kier molecular flexibility index (Phi) is 4.95. The molecule has 0 N–H and O–H groups in total. The molecule has 1 fully saturated rings. The van der Waals surface area contributed by atoms with E-state index in [1.54, 1.807) is 13.2 Å². The number of nitrogens with zero attached hydrogens (tertiary/aromatic N) is 6. The number of aromatic nitrogens is 5. The van der Waals surface area contributed by atoms with Crippen LogP contribution in [-0.2, 0) is 25.9 Å². The fourth-order valence-corrected chi connectivity index (χ4v) is 5.12. The number of hydrogen-bond donors (Lipinski definition) is 0. The number of aryl methyl sites for hydroxylation is 1. The van der Waals surface area contributed by atoms with Crippen LogP contribution >= 0.6 is 0 Å². The molecule has 0 spiro atoms. The van der Waals surface area contributed by atoms with Crippen molar-refractivity contribution < 1.29 is 4.74 Å². The number of ether oxygens (including phenoxy) is 1. The van der Waals surface area contributed by atoms with Crippen molar-refractivity contribution >= 4 is 0 Å². The third-order valence-corrected chi connectivity index (χ3v) is 7.06. The van der Waals surface area contributed by atoms with E-state index in [0.29, 0.717) is 23.8 Å². The molecule has 7 nitrogen and oxygen atoms in total. The molecule has 2 aromatic carbocycles. The monoisotopic (exact) mass is 450 g/mol. The van der Waals surface area contributed by atoms with Gasteiger partial charge in [0.05, 0.1) is 24.9 Å². The Balaban J connectivity index is 1.37. The standard InChI is InChI=1S/C27H26N6O/c1-17-29-9-10-32(17)15-19-11-23(20-5-6-20)22-7-8-25-27(24(22)12-19)30-31-33(25)16-18-3-4-21(14-28)26(13-18)34-2/h3-4,9-13,20H,5-8,15-16H2,1-2H3. The Morgan fingerprint density at radius 1 is 1.12 bits per heavy atom. The molecule has 0 atom stereocenters. The number of benzene rings is 2.